The van der Waals surface area contributed by atoms with Gasteiger partial charge in [-0.2, -0.15) is 15.0 Å². The summed E-state index contributed by atoms with van der Waals surface area (Å²) in [5, 5.41) is 9.18. The molecule has 4 heterocycles. The summed E-state index contributed by atoms with van der Waals surface area (Å²) < 4.78 is 0. The number of hydrogen-bond donors (Lipinski definition) is 0. The van der Waals surface area contributed by atoms with Gasteiger partial charge >= 0.3 is 0 Å². The number of carbonyl (C=O) groups is 1. The highest BCUT2D eigenvalue weighted by molar-refractivity contribution is 5.84. The van der Waals surface area contributed by atoms with Gasteiger partial charge in [-0.1, -0.05) is 30.3 Å². The van der Waals surface area contributed by atoms with Crippen LogP contribution in [-0.2, 0) is 18.4 Å². The number of piperidine rings is 2. The Balaban J connectivity index is 1.32. The Kier molecular flexibility index (Phi) is 5.60. The lowest BCUT2D eigenvalue weighted by Gasteiger charge is -2.46. The zero-order valence-corrected chi connectivity index (χ0v) is 19.7. The standard InChI is InChI=1S/C25H31N7O/c1-18-16-19(2)27-24(26-18)31-14-11-25(12-15-31)10-7-13-32(23(25)33)17-21-22(29-30(3)28-21)20-8-5-4-6-9-20/h4-6,8-9,16H,7,10-15,17H2,1-3H3. The predicted molar refractivity (Wildman–Crippen MR) is 126 cm³/mol. The summed E-state index contributed by atoms with van der Waals surface area (Å²) in [5.41, 5.74) is 4.42. The van der Waals surface area contributed by atoms with Crippen molar-refractivity contribution >= 4 is 11.9 Å². The van der Waals surface area contributed by atoms with E-state index in [0.29, 0.717) is 6.54 Å². The van der Waals surface area contributed by atoms with E-state index in [1.807, 2.05) is 62.2 Å². The first-order valence-electron chi connectivity index (χ1n) is 11.8. The predicted octanol–water partition coefficient (Wildman–Crippen LogP) is 3.30. The van der Waals surface area contributed by atoms with Crippen molar-refractivity contribution in [2.24, 2.45) is 12.5 Å². The minimum atomic E-state index is -0.289. The lowest BCUT2D eigenvalue weighted by atomic mass is 9.71. The molecule has 8 heteroatoms. The molecule has 2 saturated heterocycles. The van der Waals surface area contributed by atoms with E-state index >= 15 is 0 Å². The van der Waals surface area contributed by atoms with Crippen molar-refractivity contribution in [1.82, 2.24) is 29.9 Å². The van der Waals surface area contributed by atoms with E-state index in [4.69, 9.17) is 0 Å². The van der Waals surface area contributed by atoms with Crippen LogP contribution in [0.5, 0.6) is 0 Å². The summed E-state index contributed by atoms with van der Waals surface area (Å²) in [6.45, 7) is 6.90. The quantitative estimate of drug-likeness (QED) is 0.613. The van der Waals surface area contributed by atoms with Crippen LogP contribution in [-0.4, -0.2) is 55.4 Å². The van der Waals surface area contributed by atoms with Crippen LogP contribution in [0.1, 0.15) is 42.8 Å². The van der Waals surface area contributed by atoms with Gasteiger partial charge in [-0.3, -0.25) is 4.79 Å². The number of hydrogen-bond acceptors (Lipinski definition) is 6. The molecule has 172 valence electrons. The van der Waals surface area contributed by atoms with Gasteiger partial charge in [0, 0.05) is 43.6 Å². The van der Waals surface area contributed by atoms with Gasteiger partial charge in [-0.25, -0.2) is 9.97 Å². The highest BCUT2D eigenvalue weighted by atomic mass is 16.2. The molecular weight excluding hydrogens is 414 g/mol. The molecule has 8 nitrogen and oxygen atoms in total. The molecule has 3 aromatic rings. The lowest BCUT2D eigenvalue weighted by Crippen LogP contribution is -2.53. The van der Waals surface area contributed by atoms with Gasteiger partial charge in [-0.05, 0) is 45.6 Å². The van der Waals surface area contributed by atoms with E-state index in [1.165, 1.54) is 0 Å². The van der Waals surface area contributed by atoms with Crippen LogP contribution >= 0.6 is 0 Å². The highest BCUT2D eigenvalue weighted by Crippen LogP contribution is 2.42. The van der Waals surface area contributed by atoms with Gasteiger partial charge in [0.05, 0.1) is 12.0 Å². The fraction of sp³-hybridized carbons (Fsp3) is 0.480. The molecule has 33 heavy (non-hydrogen) atoms. The van der Waals surface area contributed by atoms with Crippen molar-refractivity contribution in [2.75, 3.05) is 24.5 Å². The van der Waals surface area contributed by atoms with E-state index in [1.54, 1.807) is 4.80 Å². The number of benzene rings is 1. The molecule has 0 radical (unpaired) electrons. The lowest BCUT2D eigenvalue weighted by molar-refractivity contribution is -0.148. The third-order valence-electron chi connectivity index (χ3n) is 6.97. The highest BCUT2D eigenvalue weighted by Gasteiger charge is 2.46. The van der Waals surface area contributed by atoms with Gasteiger partial charge in [0.1, 0.15) is 11.4 Å². The number of carbonyl (C=O) groups excluding carboxylic acids is 1. The Morgan fingerprint density at radius 2 is 1.64 bits per heavy atom. The molecule has 0 bridgehead atoms. The second-order valence-corrected chi connectivity index (χ2v) is 9.40. The third kappa shape index (κ3) is 4.21. The molecule has 0 saturated carbocycles. The van der Waals surface area contributed by atoms with Crippen LogP contribution in [0, 0.1) is 19.3 Å². The molecule has 2 aliphatic rings. The van der Waals surface area contributed by atoms with Crippen LogP contribution in [0.15, 0.2) is 36.4 Å². The maximum absolute atomic E-state index is 13.7. The maximum atomic E-state index is 13.7. The number of nitrogens with zero attached hydrogens (tertiary/aromatic N) is 7. The SMILES string of the molecule is Cc1cc(C)nc(N2CCC3(CCCN(Cc4nn(C)nc4-c4ccccc4)C3=O)CC2)n1. The Morgan fingerprint density at radius 1 is 0.939 bits per heavy atom. The van der Waals surface area contributed by atoms with Crippen molar-refractivity contribution in [2.45, 2.75) is 46.1 Å². The largest absolute Gasteiger partial charge is 0.341 e. The normalized spacial score (nSPS) is 18.2. The topological polar surface area (TPSA) is 80.0 Å². The molecule has 1 spiro atoms. The average molecular weight is 446 g/mol. The molecule has 1 amide bonds. The molecule has 2 aromatic heterocycles. The Morgan fingerprint density at radius 3 is 2.33 bits per heavy atom. The van der Waals surface area contributed by atoms with Crippen LogP contribution in [0.2, 0.25) is 0 Å². The Bertz CT molecular complexity index is 1130. The zero-order valence-electron chi connectivity index (χ0n) is 19.7. The van der Waals surface area contributed by atoms with Crippen LogP contribution < -0.4 is 4.90 Å². The third-order valence-corrected chi connectivity index (χ3v) is 6.97. The van der Waals surface area contributed by atoms with Crippen molar-refractivity contribution in [3.8, 4) is 11.3 Å². The summed E-state index contributed by atoms with van der Waals surface area (Å²) in [7, 11) is 1.83. The van der Waals surface area contributed by atoms with E-state index < -0.39 is 0 Å². The van der Waals surface area contributed by atoms with Crippen LogP contribution in [0.3, 0.4) is 0 Å². The van der Waals surface area contributed by atoms with Crippen LogP contribution in [0.4, 0.5) is 5.95 Å². The van der Waals surface area contributed by atoms with E-state index in [0.717, 1.165) is 79.6 Å². The Labute approximate surface area is 194 Å². The molecule has 1 aromatic carbocycles. The summed E-state index contributed by atoms with van der Waals surface area (Å²) in [6.07, 6.45) is 3.65. The second kappa shape index (κ2) is 8.57. The van der Waals surface area contributed by atoms with Crippen molar-refractivity contribution < 1.29 is 4.79 Å². The van der Waals surface area contributed by atoms with Gasteiger partial charge in [0.15, 0.2) is 0 Å². The van der Waals surface area contributed by atoms with Gasteiger partial charge in [0.2, 0.25) is 11.9 Å². The number of aromatic nitrogens is 5. The smallest absolute Gasteiger partial charge is 0.229 e. The second-order valence-electron chi connectivity index (χ2n) is 9.40. The first-order valence-corrected chi connectivity index (χ1v) is 11.8. The maximum Gasteiger partial charge on any atom is 0.229 e. The minimum Gasteiger partial charge on any atom is -0.341 e. The van der Waals surface area contributed by atoms with Crippen molar-refractivity contribution in [3.05, 3.63) is 53.5 Å². The summed E-state index contributed by atoms with van der Waals surface area (Å²) >= 11 is 0. The molecule has 5 rings (SSSR count). The molecule has 2 aliphatic heterocycles. The molecule has 0 aliphatic carbocycles. The number of likely N-dealkylation sites (tertiary alicyclic amines) is 1. The summed E-state index contributed by atoms with van der Waals surface area (Å²) in [4.78, 5) is 28.8. The van der Waals surface area contributed by atoms with Gasteiger partial charge in [-0.15, -0.1) is 0 Å². The fourth-order valence-corrected chi connectivity index (χ4v) is 5.30. The first kappa shape index (κ1) is 21.6. The van der Waals surface area contributed by atoms with Crippen molar-refractivity contribution in [3.63, 3.8) is 0 Å². The fourth-order valence-electron chi connectivity index (χ4n) is 5.30. The number of rotatable bonds is 4. The molecule has 0 N–H and O–H groups in total. The molecular formula is C25H31N7O. The van der Waals surface area contributed by atoms with E-state index in [9.17, 15) is 4.79 Å². The number of anilines is 1. The van der Waals surface area contributed by atoms with E-state index in [-0.39, 0.29) is 11.3 Å². The number of aryl methyl sites for hydroxylation is 3. The number of amides is 1. The van der Waals surface area contributed by atoms with E-state index in [2.05, 4.69) is 25.1 Å². The minimum absolute atomic E-state index is 0.263. The summed E-state index contributed by atoms with van der Waals surface area (Å²) in [6, 6.07) is 12.1. The zero-order chi connectivity index (χ0) is 23.0. The van der Waals surface area contributed by atoms with Gasteiger partial charge in [0.25, 0.3) is 0 Å². The summed E-state index contributed by atoms with van der Waals surface area (Å²) in [5.74, 6) is 1.05. The molecule has 2 fully saturated rings. The first-order chi connectivity index (χ1) is 15.9. The molecule has 0 unspecified atom stereocenters. The van der Waals surface area contributed by atoms with Crippen LogP contribution in [0.25, 0.3) is 11.3 Å². The monoisotopic (exact) mass is 445 g/mol. The van der Waals surface area contributed by atoms with Gasteiger partial charge < -0.3 is 9.80 Å². The van der Waals surface area contributed by atoms with Crippen molar-refractivity contribution in [1.29, 1.82) is 0 Å². The Hall–Kier alpha value is -3.29. The molecule has 0 atom stereocenters. The average Bonchev–Trinajstić information content (AvgIpc) is 3.17.